The Kier molecular flexibility index (Phi) is 4.37. The summed E-state index contributed by atoms with van der Waals surface area (Å²) in [5.41, 5.74) is 3.72. The Bertz CT molecular complexity index is 524. The summed E-state index contributed by atoms with van der Waals surface area (Å²) in [6, 6.07) is 0.413. The van der Waals surface area contributed by atoms with Gasteiger partial charge in [0.2, 0.25) is 0 Å². The monoisotopic (exact) mass is 261 g/mol. The van der Waals surface area contributed by atoms with Crippen molar-refractivity contribution in [1.29, 1.82) is 0 Å². The van der Waals surface area contributed by atoms with Gasteiger partial charge in [0.15, 0.2) is 0 Å². The molecule has 1 N–H and O–H groups in total. The van der Waals surface area contributed by atoms with Crippen LogP contribution in [0.25, 0.3) is 0 Å². The van der Waals surface area contributed by atoms with Crippen molar-refractivity contribution in [2.45, 2.75) is 53.4 Å². The lowest BCUT2D eigenvalue weighted by atomic mass is 10.2. The van der Waals surface area contributed by atoms with Crippen LogP contribution in [0, 0.1) is 6.92 Å². The smallest absolute Gasteiger partial charge is 0.0537 e. The van der Waals surface area contributed by atoms with Gasteiger partial charge in [-0.2, -0.15) is 10.2 Å². The molecule has 0 bridgehead atoms. The number of hydrogen-bond donors (Lipinski definition) is 1. The Hall–Kier alpha value is -1.62. The molecular formula is C14H23N5. The number of hydrogen-bond acceptors (Lipinski definition) is 3. The highest BCUT2D eigenvalue weighted by Gasteiger charge is 2.08. The highest BCUT2D eigenvalue weighted by molar-refractivity contribution is 5.16. The maximum absolute atomic E-state index is 4.42. The van der Waals surface area contributed by atoms with E-state index < -0.39 is 0 Å². The van der Waals surface area contributed by atoms with E-state index in [1.807, 2.05) is 17.1 Å². The van der Waals surface area contributed by atoms with Crippen LogP contribution in [0.5, 0.6) is 0 Å². The van der Waals surface area contributed by atoms with Crippen molar-refractivity contribution in [3.8, 4) is 0 Å². The van der Waals surface area contributed by atoms with E-state index in [1.165, 1.54) is 16.8 Å². The van der Waals surface area contributed by atoms with Gasteiger partial charge in [-0.25, -0.2) is 0 Å². The van der Waals surface area contributed by atoms with E-state index in [0.29, 0.717) is 6.04 Å². The van der Waals surface area contributed by atoms with Crippen LogP contribution in [0.4, 0.5) is 0 Å². The molecular weight excluding hydrogens is 238 g/mol. The maximum atomic E-state index is 4.42. The van der Waals surface area contributed by atoms with Crippen LogP contribution in [-0.2, 0) is 19.6 Å². The summed E-state index contributed by atoms with van der Waals surface area (Å²) in [6.45, 7) is 11.1. The summed E-state index contributed by atoms with van der Waals surface area (Å²) in [5, 5.41) is 12.1. The summed E-state index contributed by atoms with van der Waals surface area (Å²) in [6.07, 6.45) is 5.95. The molecule has 19 heavy (non-hydrogen) atoms. The van der Waals surface area contributed by atoms with Gasteiger partial charge in [0.05, 0.1) is 12.4 Å². The Morgan fingerprint density at radius 3 is 2.58 bits per heavy atom. The second kappa shape index (κ2) is 6.02. The lowest BCUT2D eigenvalue weighted by Gasteiger charge is -2.09. The topological polar surface area (TPSA) is 47.7 Å². The molecule has 0 radical (unpaired) electrons. The third kappa shape index (κ3) is 3.23. The highest BCUT2D eigenvalue weighted by atomic mass is 15.3. The molecule has 0 saturated heterocycles. The van der Waals surface area contributed by atoms with Crippen molar-refractivity contribution in [3.63, 3.8) is 0 Å². The summed E-state index contributed by atoms with van der Waals surface area (Å²) < 4.78 is 4.01. The minimum Gasteiger partial charge on any atom is -0.308 e. The second-order valence-corrected chi connectivity index (χ2v) is 5.10. The molecule has 0 aliphatic rings. The Labute approximate surface area is 114 Å². The first-order chi connectivity index (χ1) is 9.11. The molecule has 0 unspecified atom stereocenters. The van der Waals surface area contributed by atoms with Gasteiger partial charge in [0.1, 0.15) is 0 Å². The van der Waals surface area contributed by atoms with Crippen LogP contribution < -0.4 is 5.32 Å². The van der Waals surface area contributed by atoms with Crippen LogP contribution in [0.1, 0.15) is 43.6 Å². The minimum absolute atomic E-state index is 0.413. The number of aryl methyl sites for hydroxylation is 1. The van der Waals surface area contributed by atoms with Gasteiger partial charge in [0, 0.05) is 48.7 Å². The fraction of sp³-hybridized carbons (Fsp3) is 0.571. The molecule has 104 valence electrons. The van der Waals surface area contributed by atoms with Gasteiger partial charge >= 0.3 is 0 Å². The summed E-state index contributed by atoms with van der Waals surface area (Å²) in [4.78, 5) is 0. The second-order valence-electron chi connectivity index (χ2n) is 5.10. The molecule has 0 saturated carbocycles. The van der Waals surface area contributed by atoms with E-state index in [1.54, 1.807) is 0 Å². The highest BCUT2D eigenvalue weighted by Crippen LogP contribution is 2.12. The number of nitrogens with one attached hydrogen (secondary N) is 1. The molecule has 5 nitrogen and oxygen atoms in total. The lowest BCUT2D eigenvalue weighted by Crippen LogP contribution is -2.13. The standard InChI is InChI=1S/C14H23N5/c1-5-18-10-13(7-16-18)6-15-8-14-9-17-19(11(2)3)12(14)4/h7,9-11,15H,5-6,8H2,1-4H3. The first-order valence-electron chi connectivity index (χ1n) is 6.86. The zero-order valence-corrected chi connectivity index (χ0v) is 12.2. The summed E-state index contributed by atoms with van der Waals surface area (Å²) in [5.74, 6) is 0. The average molecular weight is 261 g/mol. The van der Waals surface area contributed by atoms with E-state index in [0.717, 1.165) is 19.6 Å². The van der Waals surface area contributed by atoms with Crippen molar-refractivity contribution in [2.75, 3.05) is 0 Å². The first-order valence-corrected chi connectivity index (χ1v) is 6.86. The Morgan fingerprint density at radius 2 is 2.00 bits per heavy atom. The van der Waals surface area contributed by atoms with Gasteiger partial charge in [-0.3, -0.25) is 9.36 Å². The molecule has 0 fully saturated rings. The minimum atomic E-state index is 0.413. The Morgan fingerprint density at radius 1 is 1.21 bits per heavy atom. The molecule has 2 rings (SSSR count). The molecule has 0 spiro atoms. The van der Waals surface area contributed by atoms with E-state index in [4.69, 9.17) is 0 Å². The zero-order chi connectivity index (χ0) is 13.8. The first kappa shape index (κ1) is 13.8. The van der Waals surface area contributed by atoms with Crippen molar-refractivity contribution in [1.82, 2.24) is 24.9 Å². The van der Waals surface area contributed by atoms with Crippen molar-refractivity contribution in [2.24, 2.45) is 0 Å². The van der Waals surface area contributed by atoms with Gasteiger partial charge in [-0.05, 0) is 27.7 Å². The maximum Gasteiger partial charge on any atom is 0.0537 e. The molecule has 5 heteroatoms. The predicted molar refractivity (Wildman–Crippen MR) is 75.8 cm³/mol. The lowest BCUT2D eigenvalue weighted by molar-refractivity contribution is 0.517. The fourth-order valence-corrected chi connectivity index (χ4v) is 2.17. The summed E-state index contributed by atoms with van der Waals surface area (Å²) >= 11 is 0. The van der Waals surface area contributed by atoms with E-state index in [2.05, 4.69) is 54.1 Å². The molecule has 0 aliphatic carbocycles. The third-order valence-electron chi connectivity index (χ3n) is 3.29. The number of nitrogens with zero attached hydrogens (tertiary/aromatic N) is 4. The third-order valence-corrected chi connectivity index (χ3v) is 3.29. The van der Waals surface area contributed by atoms with Gasteiger partial charge in [-0.15, -0.1) is 0 Å². The van der Waals surface area contributed by atoms with Crippen LogP contribution in [-0.4, -0.2) is 19.6 Å². The fourth-order valence-electron chi connectivity index (χ4n) is 2.17. The van der Waals surface area contributed by atoms with Crippen molar-refractivity contribution in [3.05, 3.63) is 35.4 Å². The quantitative estimate of drug-likeness (QED) is 0.868. The van der Waals surface area contributed by atoms with Gasteiger partial charge < -0.3 is 5.32 Å². The molecule has 0 aromatic carbocycles. The van der Waals surface area contributed by atoms with Gasteiger partial charge in [0.25, 0.3) is 0 Å². The molecule has 0 aliphatic heterocycles. The van der Waals surface area contributed by atoms with E-state index in [-0.39, 0.29) is 0 Å². The predicted octanol–water partition coefficient (Wildman–Crippen LogP) is 2.28. The zero-order valence-electron chi connectivity index (χ0n) is 12.2. The molecule has 2 aromatic heterocycles. The van der Waals surface area contributed by atoms with Gasteiger partial charge in [-0.1, -0.05) is 0 Å². The molecule has 0 atom stereocenters. The van der Waals surface area contributed by atoms with Crippen LogP contribution in [0.15, 0.2) is 18.6 Å². The molecule has 2 heterocycles. The normalized spacial score (nSPS) is 11.4. The van der Waals surface area contributed by atoms with Crippen molar-refractivity contribution < 1.29 is 0 Å². The average Bonchev–Trinajstić information content (AvgIpc) is 2.97. The number of aromatic nitrogens is 4. The SMILES string of the molecule is CCn1cc(CNCc2cnn(C(C)C)c2C)cn1. The molecule has 0 amide bonds. The van der Waals surface area contributed by atoms with Crippen LogP contribution in [0.3, 0.4) is 0 Å². The van der Waals surface area contributed by atoms with E-state index >= 15 is 0 Å². The van der Waals surface area contributed by atoms with Crippen LogP contribution >= 0.6 is 0 Å². The van der Waals surface area contributed by atoms with Crippen molar-refractivity contribution >= 4 is 0 Å². The molecule has 2 aromatic rings. The van der Waals surface area contributed by atoms with Crippen LogP contribution in [0.2, 0.25) is 0 Å². The largest absolute Gasteiger partial charge is 0.308 e. The van der Waals surface area contributed by atoms with E-state index in [9.17, 15) is 0 Å². The number of rotatable bonds is 6. The summed E-state index contributed by atoms with van der Waals surface area (Å²) in [7, 11) is 0. The Balaban J connectivity index is 1.89.